The Balaban J connectivity index is 1.50. The Hall–Kier alpha value is -3.72. The number of thiophene rings is 1. The molecule has 2 aromatic heterocycles. The molecule has 0 fully saturated rings. The second-order valence-electron chi connectivity index (χ2n) is 6.51. The van der Waals surface area contributed by atoms with Gasteiger partial charge in [0.05, 0.1) is 26.3 Å². The summed E-state index contributed by atoms with van der Waals surface area (Å²) >= 11 is 1.35. The second-order valence-corrected chi connectivity index (χ2v) is 7.43. The van der Waals surface area contributed by atoms with Gasteiger partial charge in [-0.1, -0.05) is 23.4 Å². The Kier molecular flexibility index (Phi) is 5.94. The molecule has 2 aromatic carbocycles. The zero-order valence-corrected chi connectivity index (χ0v) is 17.5. The number of ether oxygens (including phenoxy) is 2. The van der Waals surface area contributed by atoms with Gasteiger partial charge in [-0.2, -0.15) is 4.98 Å². The van der Waals surface area contributed by atoms with Crippen LogP contribution in [0.15, 0.2) is 58.4 Å². The van der Waals surface area contributed by atoms with Crippen LogP contribution in [0.4, 0.5) is 10.1 Å². The summed E-state index contributed by atoms with van der Waals surface area (Å²) < 4.78 is 29.3. The lowest BCUT2D eigenvalue weighted by molar-refractivity contribution is -0.115. The van der Waals surface area contributed by atoms with Crippen molar-refractivity contribution in [1.82, 2.24) is 10.1 Å². The molecule has 0 unspecified atom stereocenters. The Bertz CT molecular complexity index is 1220. The first-order valence-electron chi connectivity index (χ1n) is 9.25. The van der Waals surface area contributed by atoms with E-state index in [1.54, 1.807) is 50.6 Å². The largest absolute Gasteiger partial charge is 0.493 e. The van der Waals surface area contributed by atoms with Crippen LogP contribution in [-0.4, -0.2) is 30.3 Å². The lowest BCUT2D eigenvalue weighted by Gasteiger charge is -2.10. The van der Waals surface area contributed by atoms with E-state index in [2.05, 4.69) is 15.5 Å². The maximum absolute atomic E-state index is 13.5. The summed E-state index contributed by atoms with van der Waals surface area (Å²) in [6.07, 6.45) is 0.147. The van der Waals surface area contributed by atoms with Crippen LogP contribution in [0.5, 0.6) is 11.5 Å². The number of nitrogens with zero attached hydrogens (tertiary/aromatic N) is 2. The molecule has 158 valence electrons. The van der Waals surface area contributed by atoms with Crippen molar-refractivity contribution in [2.24, 2.45) is 0 Å². The van der Waals surface area contributed by atoms with E-state index in [9.17, 15) is 9.18 Å². The summed E-state index contributed by atoms with van der Waals surface area (Å²) in [6.45, 7) is 0. The molecule has 2 heterocycles. The molecule has 0 bridgehead atoms. The van der Waals surface area contributed by atoms with Crippen molar-refractivity contribution < 1.29 is 23.2 Å². The molecule has 9 heteroatoms. The Morgan fingerprint density at radius 2 is 1.97 bits per heavy atom. The van der Waals surface area contributed by atoms with Crippen LogP contribution in [0.2, 0.25) is 0 Å². The fourth-order valence-electron chi connectivity index (χ4n) is 3.00. The number of anilines is 1. The number of benzene rings is 2. The number of halogens is 1. The number of carbonyl (C=O) groups is 1. The predicted molar refractivity (Wildman–Crippen MR) is 115 cm³/mol. The molecule has 0 aliphatic rings. The van der Waals surface area contributed by atoms with Gasteiger partial charge in [0.25, 0.3) is 5.89 Å². The quantitative estimate of drug-likeness (QED) is 0.445. The maximum atomic E-state index is 13.5. The minimum absolute atomic E-state index is 0.147. The van der Waals surface area contributed by atoms with Gasteiger partial charge in [-0.05, 0) is 41.3 Å². The topological polar surface area (TPSA) is 86.5 Å². The number of carbonyl (C=O) groups excluding carboxylic acids is 1. The molecule has 0 saturated heterocycles. The fraction of sp³-hybridized carbons (Fsp3) is 0.136. The van der Waals surface area contributed by atoms with Crippen molar-refractivity contribution >= 4 is 22.9 Å². The molecule has 1 amide bonds. The summed E-state index contributed by atoms with van der Waals surface area (Å²) in [5.41, 5.74) is 1.84. The molecule has 0 saturated carbocycles. The monoisotopic (exact) mass is 439 g/mol. The number of rotatable bonds is 7. The molecule has 7 nitrogen and oxygen atoms in total. The minimum atomic E-state index is -0.386. The molecule has 4 rings (SSSR count). The Morgan fingerprint density at radius 1 is 1.13 bits per heavy atom. The number of methoxy groups -OCH3 is 2. The average Bonchev–Trinajstić information content (AvgIpc) is 3.43. The van der Waals surface area contributed by atoms with E-state index < -0.39 is 0 Å². The molecule has 0 atom stereocenters. The SMILES string of the molecule is COc1ccc(CC(=O)Nc2ccsc2-c2nc(-c3cccc(F)c3)no2)cc1OC. The van der Waals surface area contributed by atoms with Crippen molar-refractivity contribution in [2.45, 2.75) is 6.42 Å². The number of nitrogens with one attached hydrogen (secondary N) is 1. The van der Waals surface area contributed by atoms with Gasteiger partial charge in [0, 0.05) is 5.56 Å². The molecule has 4 aromatic rings. The van der Waals surface area contributed by atoms with Gasteiger partial charge in [-0.25, -0.2) is 4.39 Å². The van der Waals surface area contributed by atoms with Gasteiger partial charge in [0.15, 0.2) is 11.5 Å². The first kappa shape index (κ1) is 20.5. The highest BCUT2D eigenvalue weighted by atomic mass is 32.1. The molecular weight excluding hydrogens is 421 g/mol. The highest BCUT2D eigenvalue weighted by Gasteiger charge is 2.18. The predicted octanol–water partition coefficient (Wildman–Crippen LogP) is 4.80. The number of aromatic nitrogens is 2. The highest BCUT2D eigenvalue weighted by Crippen LogP contribution is 2.34. The lowest BCUT2D eigenvalue weighted by atomic mass is 10.1. The lowest BCUT2D eigenvalue weighted by Crippen LogP contribution is -2.14. The fourth-order valence-corrected chi connectivity index (χ4v) is 3.77. The molecule has 31 heavy (non-hydrogen) atoms. The first-order chi connectivity index (χ1) is 15.1. The smallest absolute Gasteiger partial charge is 0.270 e. The molecular formula is C22H18FN3O4S. The van der Waals surface area contributed by atoms with Gasteiger partial charge in [-0.15, -0.1) is 11.3 Å². The van der Waals surface area contributed by atoms with Crippen LogP contribution in [0.25, 0.3) is 22.2 Å². The van der Waals surface area contributed by atoms with E-state index in [1.165, 1.54) is 23.5 Å². The van der Waals surface area contributed by atoms with Crippen molar-refractivity contribution in [3.05, 3.63) is 65.3 Å². The Labute approximate surface area is 181 Å². The number of hydrogen-bond donors (Lipinski definition) is 1. The van der Waals surface area contributed by atoms with E-state index >= 15 is 0 Å². The minimum Gasteiger partial charge on any atom is -0.493 e. The van der Waals surface area contributed by atoms with E-state index in [0.717, 1.165) is 5.56 Å². The maximum Gasteiger partial charge on any atom is 0.270 e. The van der Waals surface area contributed by atoms with Crippen molar-refractivity contribution in [3.63, 3.8) is 0 Å². The van der Waals surface area contributed by atoms with E-state index in [0.29, 0.717) is 27.6 Å². The van der Waals surface area contributed by atoms with Gasteiger partial charge >= 0.3 is 0 Å². The molecule has 0 aliphatic carbocycles. The Morgan fingerprint density at radius 3 is 2.74 bits per heavy atom. The summed E-state index contributed by atoms with van der Waals surface area (Å²) in [4.78, 5) is 17.6. The normalized spacial score (nSPS) is 10.7. The van der Waals surface area contributed by atoms with Gasteiger partial charge < -0.3 is 19.3 Å². The number of amides is 1. The summed E-state index contributed by atoms with van der Waals surface area (Å²) in [6, 6.07) is 13.0. The first-order valence-corrected chi connectivity index (χ1v) is 10.1. The van der Waals surface area contributed by atoms with Gasteiger partial charge in [0.2, 0.25) is 11.7 Å². The van der Waals surface area contributed by atoms with Gasteiger partial charge in [0.1, 0.15) is 10.7 Å². The highest BCUT2D eigenvalue weighted by molar-refractivity contribution is 7.14. The third kappa shape index (κ3) is 4.56. The second kappa shape index (κ2) is 8.97. The van der Waals surface area contributed by atoms with Crippen LogP contribution >= 0.6 is 11.3 Å². The van der Waals surface area contributed by atoms with E-state index in [-0.39, 0.29) is 29.9 Å². The zero-order chi connectivity index (χ0) is 21.8. The summed E-state index contributed by atoms with van der Waals surface area (Å²) in [7, 11) is 3.10. The van der Waals surface area contributed by atoms with E-state index in [1.807, 2.05) is 5.38 Å². The van der Waals surface area contributed by atoms with Crippen molar-refractivity contribution in [2.75, 3.05) is 19.5 Å². The zero-order valence-electron chi connectivity index (χ0n) is 16.7. The number of hydrogen-bond acceptors (Lipinski definition) is 7. The third-order valence-electron chi connectivity index (χ3n) is 4.46. The standard InChI is InChI=1S/C22H18FN3O4S/c1-28-17-7-6-13(10-18(17)29-2)11-19(27)24-16-8-9-31-20(16)22-25-21(26-30-22)14-4-3-5-15(23)12-14/h3-10,12H,11H2,1-2H3,(H,24,27). The van der Waals surface area contributed by atoms with E-state index in [4.69, 9.17) is 14.0 Å². The molecule has 0 radical (unpaired) electrons. The molecule has 0 aliphatic heterocycles. The third-order valence-corrected chi connectivity index (χ3v) is 5.36. The summed E-state index contributed by atoms with van der Waals surface area (Å²) in [5.74, 6) is 1.07. The van der Waals surface area contributed by atoms with Crippen LogP contribution in [0.1, 0.15) is 5.56 Å². The van der Waals surface area contributed by atoms with Crippen LogP contribution in [-0.2, 0) is 11.2 Å². The van der Waals surface area contributed by atoms with Crippen molar-refractivity contribution in [3.8, 4) is 33.7 Å². The molecule has 0 spiro atoms. The van der Waals surface area contributed by atoms with Crippen LogP contribution in [0.3, 0.4) is 0 Å². The van der Waals surface area contributed by atoms with Crippen molar-refractivity contribution in [1.29, 1.82) is 0 Å². The van der Waals surface area contributed by atoms with Crippen LogP contribution < -0.4 is 14.8 Å². The summed E-state index contributed by atoms with van der Waals surface area (Å²) in [5, 5.41) is 8.61. The molecule has 1 N–H and O–H groups in total. The van der Waals surface area contributed by atoms with Gasteiger partial charge in [-0.3, -0.25) is 4.79 Å². The average molecular weight is 439 g/mol. The van der Waals surface area contributed by atoms with Crippen LogP contribution in [0, 0.1) is 5.82 Å².